The van der Waals surface area contributed by atoms with Crippen molar-refractivity contribution in [1.82, 2.24) is 14.8 Å². The number of hydrogen-bond acceptors (Lipinski definition) is 4. The van der Waals surface area contributed by atoms with Gasteiger partial charge in [0.2, 0.25) is 11.8 Å². The molecule has 7 heteroatoms. The maximum atomic E-state index is 13.3. The number of carbonyl (C=O) groups excluding carboxylic acids is 2. The van der Waals surface area contributed by atoms with Crippen molar-refractivity contribution in [3.05, 3.63) is 71.8 Å². The molecule has 2 heterocycles. The number of methoxy groups -OCH3 is 1. The molecule has 1 fully saturated rings. The van der Waals surface area contributed by atoms with Gasteiger partial charge in [-0.1, -0.05) is 18.2 Å². The molecule has 1 aliphatic rings. The van der Waals surface area contributed by atoms with Crippen LogP contribution in [0.15, 0.2) is 54.7 Å². The number of likely N-dealkylation sites (tertiary alicyclic amines) is 1. The molecule has 0 spiro atoms. The second kappa shape index (κ2) is 11.5. The summed E-state index contributed by atoms with van der Waals surface area (Å²) in [5, 5.41) is 0. The summed E-state index contributed by atoms with van der Waals surface area (Å²) in [6.45, 7) is 1.27. The fourth-order valence-electron chi connectivity index (χ4n) is 4.13. The van der Waals surface area contributed by atoms with Gasteiger partial charge in [-0.2, -0.15) is 0 Å². The molecule has 6 nitrogen and oxygen atoms in total. The van der Waals surface area contributed by atoms with Gasteiger partial charge in [0.15, 0.2) is 0 Å². The molecule has 1 unspecified atom stereocenters. The standard InChI is InChI=1S/C25H30FN3O3/c1-28(25(31)18-32-2)23(17-19-6-8-21(26)9-7-19)20-12-15-29(16-13-20)24(30)11-10-22-5-3-4-14-27-22/h3-11,14,20,23H,12-13,15-18H2,1-2H3. The highest BCUT2D eigenvalue weighted by molar-refractivity contribution is 5.91. The lowest BCUT2D eigenvalue weighted by Gasteiger charge is -2.40. The van der Waals surface area contributed by atoms with Crippen molar-refractivity contribution in [2.24, 2.45) is 5.92 Å². The number of amides is 2. The van der Waals surface area contributed by atoms with Gasteiger partial charge in [0.1, 0.15) is 12.4 Å². The molecule has 0 bridgehead atoms. The van der Waals surface area contributed by atoms with Gasteiger partial charge in [-0.3, -0.25) is 14.6 Å². The maximum Gasteiger partial charge on any atom is 0.248 e. The van der Waals surface area contributed by atoms with Crippen LogP contribution in [0.5, 0.6) is 0 Å². The van der Waals surface area contributed by atoms with Crippen LogP contribution >= 0.6 is 0 Å². The molecule has 1 aromatic carbocycles. The monoisotopic (exact) mass is 439 g/mol. The van der Waals surface area contributed by atoms with Gasteiger partial charge in [-0.25, -0.2) is 4.39 Å². The summed E-state index contributed by atoms with van der Waals surface area (Å²) in [5.41, 5.74) is 1.72. The molecule has 2 aromatic rings. The quantitative estimate of drug-likeness (QED) is 0.593. The molecule has 0 aliphatic carbocycles. The minimum Gasteiger partial charge on any atom is -0.375 e. The van der Waals surface area contributed by atoms with Gasteiger partial charge in [-0.05, 0) is 61.1 Å². The molecule has 0 N–H and O–H groups in total. The summed E-state index contributed by atoms with van der Waals surface area (Å²) in [5.74, 6) is -0.168. The van der Waals surface area contributed by atoms with Crippen molar-refractivity contribution < 1.29 is 18.7 Å². The maximum absolute atomic E-state index is 13.3. The summed E-state index contributed by atoms with van der Waals surface area (Å²) >= 11 is 0. The zero-order valence-electron chi connectivity index (χ0n) is 18.6. The van der Waals surface area contributed by atoms with Crippen LogP contribution in [-0.2, 0) is 20.7 Å². The van der Waals surface area contributed by atoms with Gasteiger partial charge in [0.25, 0.3) is 0 Å². The van der Waals surface area contributed by atoms with E-state index in [9.17, 15) is 14.0 Å². The van der Waals surface area contributed by atoms with Crippen molar-refractivity contribution >= 4 is 17.9 Å². The number of carbonyl (C=O) groups is 2. The van der Waals surface area contributed by atoms with E-state index in [0.29, 0.717) is 19.5 Å². The van der Waals surface area contributed by atoms with Gasteiger partial charge >= 0.3 is 0 Å². The summed E-state index contributed by atoms with van der Waals surface area (Å²) in [6.07, 6.45) is 7.19. The minimum absolute atomic E-state index is 0.0199. The SMILES string of the molecule is COCC(=O)N(C)C(Cc1ccc(F)cc1)C1CCN(C(=O)C=Cc2ccccn2)CC1. The minimum atomic E-state index is -0.278. The van der Waals surface area contributed by atoms with E-state index in [-0.39, 0.29) is 36.2 Å². The first kappa shape index (κ1) is 23.6. The smallest absolute Gasteiger partial charge is 0.248 e. The van der Waals surface area contributed by atoms with E-state index in [4.69, 9.17) is 4.74 Å². The molecule has 32 heavy (non-hydrogen) atoms. The highest BCUT2D eigenvalue weighted by atomic mass is 19.1. The lowest BCUT2D eigenvalue weighted by Crippen LogP contribution is -2.49. The Morgan fingerprint density at radius 3 is 2.56 bits per heavy atom. The number of benzene rings is 1. The summed E-state index contributed by atoms with van der Waals surface area (Å²) in [6, 6.07) is 11.9. The topological polar surface area (TPSA) is 62.7 Å². The Hall–Kier alpha value is -3.06. The number of hydrogen-bond donors (Lipinski definition) is 0. The Morgan fingerprint density at radius 2 is 1.94 bits per heavy atom. The molecular weight excluding hydrogens is 409 g/mol. The highest BCUT2D eigenvalue weighted by Crippen LogP contribution is 2.27. The normalized spacial score (nSPS) is 15.7. The van der Waals surface area contributed by atoms with Crippen molar-refractivity contribution in [2.75, 3.05) is 33.9 Å². The number of nitrogens with zero attached hydrogens (tertiary/aromatic N) is 3. The van der Waals surface area contributed by atoms with Crippen LogP contribution in [0, 0.1) is 11.7 Å². The van der Waals surface area contributed by atoms with Crippen LogP contribution in [0.25, 0.3) is 6.08 Å². The van der Waals surface area contributed by atoms with Crippen molar-refractivity contribution in [3.63, 3.8) is 0 Å². The zero-order valence-corrected chi connectivity index (χ0v) is 18.6. The van der Waals surface area contributed by atoms with Crippen LogP contribution < -0.4 is 0 Å². The summed E-state index contributed by atoms with van der Waals surface area (Å²) < 4.78 is 18.4. The van der Waals surface area contributed by atoms with Gasteiger partial charge < -0.3 is 14.5 Å². The Morgan fingerprint density at radius 1 is 1.22 bits per heavy atom. The molecule has 1 aromatic heterocycles. The second-order valence-electron chi connectivity index (χ2n) is 8.09. The van der Waals surface area contributed by atoms with E-state index in [1.165, 1.54) is 19.2 Å². The van der Waals surface area contributed by atoms with Crippen LogP contribution in [-0.4, -0.2) is 66.5 Å². The molecule has 1 saturated heterocycles. The molecule has 1 aliphatic heterocycles. The molecule has 0 saturated carbocycles. The predicted octanol–water partition coefficient (Wildman–Crippen LogP) is 3.19. The Kier molecular flexibility index (Phi) is 8.50. The van der Waals surface area contributed by atoms with Gasteiger partial charge in [0.05, 0.1) is 5.69 Å². The first-order chi connectivity index (χ1) is 15.5. The largest absolute Gasteiger partial charge is 0.375 e. The van der Waals surface area contributed by atoms with E-state index in [1.807, 2.05) is 23.1 Å². The highest BCUT2D eigenvalue weighted by Gasteiger charge is 2.32. The molecule has 1 atom stereocenters. The molecular formula is C25H30FN3O3. The van der Waals surface area contributed by atoms with E-state index >= 15 is 0 Å². The Balaban J connectivity index is 1.64. The Bertz CT molecular complexity index is 910. The number of rotatable bonds is 8. The van der Waals surface area contributed by atoms with Crippen LogP contribution in [0.4, 0.5) is 4.39 Å². The molecule has 0 radical (unpaired) electrons. The fourth-order valence-corrected chi connectivity index (χ4v) is 4.13. The average molecular weight is 440 g/mol. The average Bonchev–Trinajstić information content (AvgIpc) is 2.82. The number of ether oxygens (including phenoxy) is 1. The van der Waals surface area contributed by atoms with E-state index in [1.54, 1.807) is 42.4 Å². The van der Waals surface area contributed by atoms with Crippen LogP contribution in [0.3, 0.4) is 0 Å². The predicted molar refractivity (Wildman–Crippen MR) is 121 cm³/mol. The molecule has 3 rings (SSSR count). The van der Waals surface area contributed by atoms with E-state index < -0.39 is 0 Å². The van der Waals surface area contributed by atoms with Crippen LogP contribution in [0.1, 0.15) is 24.1 Å². The third-order valence-electron chi connectivity index (χ3n) is 6.00. The molecule has 2 amide bonds. The van der Waals surface area contributed by atoms with Gasteiger partial charge in [0, 0.05) is 45.6 Å². The van der Waals surface area contributed by atoms with Crippen molar-refractivity contribution in [3.8, 4) is 0 Å². The summed E-state index contributed by atoms with van der Waals surface area (Å²) in [4.78, 5) is 32.9. The fraction of sp³-hybridized carbons (Fsp3) is 0.400. The van der Waals surface area contributed by atoms with E-state index in [0.717, 1.165) is 24.1 Å². The van der Waals surface area contributed by atoms with Crippen molar-refractivity contribution in [2.45, 2.75) is 25.3 Å². The van der Waals surface area contributed by atoms with Crippen LogP contribution in [0.2, 0.25) is 0 Å². The van der Waals surface area contributed by atoms with E-state index in [2.05, 4.69) is 4.98 Å². The number of piperidine rings is 1. The van der Waals surface area contributed by atoms with Gasteiger partial charge in [-0.15, -0.1) is 0 Å². The summed E-state index contributed by atoms with van der Waals surface area (Å²) in [7, 11) is 3.30. The van der Waals surface area contributed by atoms with Crippen molar-refractivity contribution in [1.29, 1.82) is 0 Å². The Labute approximate surface area is 188 Å². The first-order valence-electron chi connectivity index (χ1n) is 10.8. The first-order valence-corrected chi connectivity index (χ1v) is 10.8. The number of likely N-dealkylation sites (N-methyl/N-ethyl adjacent to an activating group) is 1. The number of halogens is 1. The third-order valence-corrected chi connectivity index (χ3v) is 6.00. The third kappa shape index (κ3) is 6.47. The lowest BCUT2D eigenvalue weighted by molar-refractivity contribution is -0.138. The zero-order chi connectivity index (χ0) is 22.9. The lowest BCUT2D eigenvalue weighted by atomic mass is 9.85. The number of aromatic nitrogens is 1. The molecule has 170 valence electrons. The second-order valence-corrected chi connectivity index (χ2v) is 8.09. The number of pyridine rings is 1.